The van der Waals surface area contributed by atoms with Crippen molar-refractivity contribution in [3.05, 3.63) is 18.1 Å². The van der Waals surface area contributed by atoms with Crippen LogP contribution in [-0.4, -0.2) is 83.6 Å². The Labute approximate surface area is 189 Å². The molecule has 2 aliphatic rings. The van der Waals surface area contributed by atoms with Gasteiger partial charge in [-0.05, 0) is 24.8 Å². The van der Waals surface area contributed by atoms with E-state index in [2.05, 4.69) is 27.1 Å². The highest BCUT2D eigenvalue weighted by Crippen LogP contribution is 2.36. The maximum atomic E-state index is 11.0. The van der Waals surface area contributed by atoms with E-state index in [1.807, 2.05) is 0 Å². The Morgan fingerprint density at radius 3 is 2.70 bits per heavy atom. The molecule has 0 spiro atoms. The van der Waals surface area contributed by atoms with E-state index in [-0.39, 0.29) is 25.1 Å². The lowest BCUT2D eigenvalue weighted by atomic mass is 10.1. The maximum absolute atomic E-state index is 11.0. The maximum Gasteiger partial charge on any atom is 0.350 e. The molecule has 3 heterocycles. The normalized spacial score (nSPS) is 26.0. The highest BCUT2D eigenvalue weighted by molar-refractivity contribution is 7.51. The summed E-state index contributed by atoms with van der Waals surface area (Å²) in [7, 11) is -4.37. The molecule has 1 saturated heterocycles. The second-order valence-electron chi connectivity index (χ2n) is 8.15. The van der Waals surface area contributed by atoms with Crippen molar-refractivity contribution in [2.45, 2.75) is 56.3 Å². The Morgan fingerprint density at radius 2 is 2.00 bits per heavy atom. The van der Waals surface area contributed by atoms with Crippen LogP contribution in [0.1, 0.15) is 37.7 Å². The summed E-state index contributed by atoms with van der Waals surface area (Å²) in [5.74, 6) is 6.01. The van der Waals surface area contributed by atoms with Crippen LogP contribution in [0, 0.1) is 11.8 Å². The van der Waals surface area contributed by atoms with E-state index in [4.69, 9.17) is 24.4 Å². The van der Waals surface area contributed by atoms with Crippen LogP contribution in [0.2, 0.25) is 0 Å². The van der Waals surface area contributed by atoms with Crippen LogP contribution < -0.4 is 5.32 Å². The van der Waals surface area contributed by atoms with Gasteiger partial charge in [-0.3, -0.25) is 4.57 Å². The van der Waals surface area contributed by atoms with Gasteiger partial charge in [0.15, 0.2) is 6.23 Å². The largest absolute Gasteiger partial charge is 0.387 e. The molecular weight excluding hydrogens is 455 g/mol. The number of rotatable bonds is 7. The summed E-state index contributed by atoms with van der Waals surface area (Å²) >= 11 is 0. The summed E-state index contributed by atoms with van der Waals surface area (Å²) in [6.07, 6.45) is 0.465. The molecule has 33 heavy (non-hydrogen) atoms. The molecule has 1 aliphatic heterocycles. The number of aliphatic hydroxyl groups excluding tert-OH is 3. The summed E-state index contributed by atoms with van der Waals surface area (Å²) in [5, 5.41) is 34.2. The molecule has 0 radical (unpaired) electrons. The molecule has 0 bridgehead atoms. The zero-order valence-electron chi connectivity index (χ0n) is 17.7. The highest BCUT2D eigenvalue weighted by atomic mass is 31.2. The standard InChI is InChI=1S/C20H27N4O8P/c25-9-3-6-15-22-18(21-12-4-1-2-5-12)13-7-8-24(19(13)23-15)20-17(27)16(26)14(32-20)10-31-11-33(28,29)30/h7-8,12,14,16-17,20,25-27H,1-2,4-5,9-11H2,(H,21,22,23)(H2,28,29,30)/t14-,16-,17-,20-/m1/s1. The summed E-state index contributed by atoms with van der Waals surface area (Å²) in [6.45, 7) is -0.656. The molecule has 4 atom stereocenters. The molecular formula is C20H27N4O8P. The third-order valence-corrected chi connectivity index (χ3v) is 6.22. The van der Waals surface area contributed by atoms with Gasteiger partial charge in [-0.15, -0.1) is 0 Å². The van der Waals surface area contributed by atoms with Crippen LogP contribution in [0.4, 0.5) is 5.82 Å². The van der Waals surface area contributed by atoms with Crippen molar-refractivity contribution in [1.82, 2.24) is 14.5 Å². The van der Waals surface area contributed by atoms with Crippen molar-refractivity contribution in [1.29, 1.82) is 0 Å². The lowest BCUT2D eigenvalue weighted by Gasteiger charge is -2.18. The van der Waals surface area contributed by atoms with Crippen molar-refractivity contribution in [2.24, 2.45) is 0 Å². The zero-order valence-corrected chi connectivity index (χ0v) is 18.6. The van der Waals surface area contributed by atoms with E-state index in [0.29, 0.717) is 16.9 Å². The minimum atomic E-state index is -4.37. The fourth-order valence-electron chi connectivity index (χ4n) is 4.17. The van der Waals surface area contributed by atoms with Gasteiger partial charge >= 0.3 is 7.60 Å². The topological polar surface area (TPSA) is 179 Å². The van der Waals surface area contributed by atoms with E-state index in [1.54, 1.807) is 16.8 Å². The third-order valence-electron chi connectivity index (χ3n) is 5.70. The molecule has 2 aromatic heterocycles. The van der Waals surface area contributed by atoms with Gasteiger partial charge in [0.1, 0.15) is 42.7 Å². The first-order valence-electron chi connectivity index (χ1n) is 10.7. The SMILES string of the molecule is O=P(O)(O)COC[C@H]1O[C@@H](n2ccc3c(NC4CCCC4)nc(C#CCO)nc32)[C@H](O)[C@@H]1O. The summed E-state index contributed by atoms with van der Waals surface area (Å²) < 4.78 is 23.3. The van der Waals surface area contributed by atoms with Crippen LogP contribution >= 0.6 is 7.60 Å². The van der Waals surface area contributed by atoms with Crippen molar-refractivity contribution in [2.75, 3.05) is 24.9 Å². The molecule has 4 rings (SSSR count). The smallest absolute Gasteiger partial charge is 0.350 e. The average Bonchev–Trinajstić information content (AvgIpc) is 3.48. The van der Waals surface area contributed by atoms with E-state index in [1.165, 1.54) is 0 Å². The summed E-state index contributed by atoms with van der Waals surface area (Å²) in [4.78, 5) is 26.8. The van der Waals surface area contributed by atoms with Crippen LogP contribution in [-0.2, 0) is 14.0 Å². The monoisotopic (exact) mass is 482 g/mol. The average molecular weight is 482 g/mol. The third kappa shape index (κ3) is 5.54. The van der Waals surface area contributed by atoms with Crippen molar-refractivity contribution in [3.63, 3.8) is 0 Å². The number of nitrogens with one attached hydrogen (secondary N) is 1. The predicted molar refractivity (Wildman–Crippen MR) is 116 cm³/mol. The number of nitrogens with zero attached hydrogens (tertiary/aromatic N) is 3. The molecule has 0 amide bonds. The number of ether oxygens (including phenoxy) is 2. The first-order valence-corrected chi connectivity index (χ1v) is 12.5. The molecule has 13 heteroatoms. The van der Waals surface area contributed by atoms with Gasteiger partial charge in [-0.2, -0.15) is 0 Å². The molecule has 12 nitrogen and oxygen atoms in total. The molecule has 2 fully saturated rings. The molecule has 0 aromatic carbocycles. The molecule has 1 aliphatic carbocycles. The minimum absolute atomic E-state index is 0.187. The first-order chi connectivity index (χ1) is 15.8. The Bertz CT molecular complexity index is 1090. The Kier molecular flexibility index (Phi) is 7.33. The quantitative estimate of drug-likeness (QED) is 0.229. The number of aromatic nitrogens is 3. The minimum Gasteiger partial charge on any atom is -0.387 e. The van der Waals surface area contributed by atoms with Gasteiger partial charge in [0.2, 0.25) is 5.82 Å². The van der Waals surface area contributed by atoms with Crippen LogP contribution in [0.25, 0.3) is 11.0 Å². The zero-order chi connectivity index (χ0) is 23.6. The van der Waals surface area contributed by atoms with Gasteiger partial charge in [0.25, 0.3) is 0 Å². The molecule has 0 unspecified atom stereocenters. The fourth-order valence-corrected chi connectivity index (χ4v) is 4.51. The van der Waals surface area contributed by atoms with E-state index >= 15 is 0 Å². The summed E-state index contributed by atoms with van der Waals surface area (Å²) in [5.41, 5.74) is 0.417. The van der Waals surface area contributed by atoms with Gasteiger partial charge in [0.05, 0.1) is 12.0 Å². The lowest BCUT2D eigenvalue weighted by molar-refractivity contribution is -0.0610. The van der Waals surface area contributed by atoms with Crippen molar-refractivity contribution in [3.8, 4) is 11.8 Å². The second kappa shape index (κ2) is 10.0. The van der Waals surface area contributed by atoms with Crippen molar-refractivity contribution < 1.29 is 39.1 Å². The Morgan fingerprint density at radius 1 is 1.24 bits per heavy atom. The molecule has 2 aromatic rings. The molecule has 180 valence electrons. The van der Waals surface area contributed by atoms with Crippen LogP contribution in [0.15, 0.2) is 12.3 Å². The lowest BCUT2D eigenvalue weighted by Crippen LogP contribution is -2.33. The van der Waals surface area contributed by atoms with E-state index in [0.717, 1.165) is 25.7 Å². The number of anilines is 1. The fraction of sp³-hybridized carbons (Fsp3) is 0.600. The number of hydrogen-bond donors (Lipinski definition) is 6. The van der Waals surface area contributed by atoms with Gasteiger partial charge in [-0.25, -0.2) is 9.97 Å². The second-order valence-corrected chi connectivity index (χ2v) is 9.74. The van der Waals surface area contributed by atoms with Gasteiger partial charge in [-0.1, -0.05) is 18.8 Å². The Balaban J connectivity index is 1.62. The van der Waals surface area contributed by atoms with Crippen LogP contribution in [0.3, 0.4) is 0 Å². The highest BCUT2D eigenvalue weighted by Gasteiger charge is 2.44. The predicted octanol–water partition coefficient (Wildman–Crippen LogP) is -0.0994. The summed E-state index contributed by atoms with van der Waals surface area (Å²) in [6, 6.07) is 2.05. The molecule has 1 saturated carbocycles. The van der Waals surface area contributed by atoms with E-state index in [9.17, 15) is 14.8 Å². The first kappa shape index (κ1) is 24.1. The Hall–Kier alpha value is -2.07. The van der Waals surface area contributed by atoms with Crippen molar-refractivity contribution >= 4 is 24.4 Å². The molecule has 6 N–H and O–H groups in total. The number of fused-ring (bicyclic) bond motifs is 1. The van der Waals surface area contributed by atoms with Gasteiger partial charge < -0.3 is 44.5 Å². The van der Waals surface area contributed by atoms with E-state index < -0.39 is 38.5 Å². The van der Waals surface area contributed by atoms with Gasteiger partial charge in [0, 0.05) is 12.2 Å². The number of hydrogen-bond acceptors (Lipinski definition) is 9. The number of aliphatic hydroxyl groups is 3. The van der Waals surface area contributed by atoms with Crippen LogP contribution in [0.5, 0.6) is 0 Å².